The number of rotatable bonds is 5. The van der Waals surface area contributed by atoms with E-state index in [4.69, 9.17) is 0 Å². The Morgan fingerprint density at radius 2 is 1.53 bits per heavy atom. The number of hydrogen-bond acceptors (Lipinski definition) is 2. The maximum atomic E-state index is 12.5. The van der Waals surface area contributed by atoms with Crippen molar-refractivity contribution in [3.63, 3.8) is 0 Å². The van der Waals surface area contributed by atoms with Gasteiger partial charge >= 0.3 is 0 Å². The Labute approximate surface area is 105 Å². The molecule has 1 nitrogen and oxygen atoms in total. The molecule has 0 heterocycles. The molecule has 1 radical (unpaired) electrons. The molecule has 0 saturated heterocycles. The number of hydrogen-bond donors (Lipinski definition) is 0. The number of benzene rings is 2. The second kappa shape index (κ2) is 6.42. The molecule has 87 valence electrons. The molecule has 2 aromatic carbocycles. The molecule has 0 spiro atoms. The predicted octanol–water partition coefficient (Wildman–Crippen LogP) is 4.36. The zero-order valence-corrected chi connectivity index (χ0v) is 9.99. The van der Waals surface area contributed by atoms with Crippen LogP contribution >= 0.6 is 11.8 Å². The molecule has 0 bridgehead atoms. The van der Waals surface area contributed by atoms with Crippen molar-refractivity contribution in [3.05, 3.63) is 77.2 Å². The van der Waals surface area contributed by atoms with Crippen LogP contribution in [0.15, 0.2) is 60.7 Å². The zero-order chi connectivity index (χ0) is 11.9. The van der Waals surface area contributed by atoms with Crippen molar-refractivity contribution in [1.29, 1.82) is 0 Å². The Morgan fingerprint density at radius 1 is 0.941 bits per heavy atom. The van der Waals surface area contributed by atoms with Crippen LogP contribution in [0.25, 0.3) is 0 Å². The fourth-order valence-electron chi connectivity index (χ4n) is 1.45. The lowest BCUT2D eigenvalue weighted by Crippen LogP contribution is -1.96. The predicted molar refractivity (Wildman–Crippen MR) is 68.7 cm³/mol. The normalized spacial score (nSPS) is 10.7. The first-order valence-electron chi connectivity index (χ1n) is 5.28. The van der Waals surface area contributed by atoms with Crippen molar-refractivity contribution in [2.75, 3.05) is 0 Å². The molecule has 2 rings (SSSR count). The maximum Gasteiger partial charge on any atom is 0.225 e. The molecule has 3 heteroatoms. The monoisotopic (exact) mass is 247 g/mol. The molecule has 0 N–H and O–H groups in total. The highest BCUT2D eigenvalue weighted by atomic mass is 32.2. The smallest absolute Gasteiger partial charge is 0.167 e. The Kier molecular flexibility index (Phi) is 4.59. The summed E-state index contributed by atoms with van der Waals surface area (Å²) in [5.74, 6) is 0.689. The van der Waals surface area contributed by atoms with E-state index in [1.807, 2.05) is 60.7 Å². The number of thioether (sulfide) groups is 1. The summed E-state index contributed by atoms with van der Waals surface area (Å²) in [6, 6.07) is 19.2. The lowest BCUT2D eigenvalue weighted by molar-refractivity contribution is -0.0934. The molecule has 0 aromatic heterocycles. The second-order valence-corrected chi connectivity index (χ2v) is 4.45. The van der Waals surface area contributed by atoms with Crippen LogP contribution in [0, 0.1) is 5.44 Å². The Morgan fingerprint density at radius 3 is 2.12 bits per heavy atom. The summed E-state index contributed by atoms with van der Waals surface area (Å²) in [5, 5.41) is 0. The fraction of sp³-hybridized carbons (Fsp3) is 0.0714. The molecule has 0 aliphatic rings. The van der Waals surface area contributed by atoms with E-state index in [9.17, 15) is 4.53 Å². The molecule has 0 atom stereocenters. The summed E-state index contributed by atoms with van der Waals surface area (Å²) in [6.07, 6.45) is 0. The molecule has 0 amide bonds. The molecule has 0 saturated carbocycles. The van der Waals surface area contributed by atoms with E-state index >= 15 is 0 Å². The Bertz CT molecular complexity index is 432. The lowest BCUT2D eigenvalue weighted by Gasteiger charge is -2.10. The summed E-state index contributed by atoms with van der Waals surface area (Å²) in [6.45, 7) is 0. The lowest BCUT2D eigenvalue weighted by atomic mass is 10.2. The van der Waals surface area contributed by atoms with Gasteiger partial charge in [-0.3, -0.25) is 0 Å². The van der Waals surface area contributed by atoms with Gasteiger partial charge in [-0.1, -0.05) is 60.7 Å². The van der Waals surface area contributed by atoms with Crippen molar-refractivity contribution < 1.29 is 9.47 Å². The van der Waals surface area contributed by atoms with Gasteiger partial charge < -0.3 is 0 Å². The largest absolute Gasteiger partial charge is 0.225 e. The molecule has 0 fully saturated rings. The number of halogens is 1. The van der Waals surface area contributed by atoms with E-state index in [0.29, 0.717) is 11.2 Å². The van der Waals surface area contributed by atoms with E-state index in [1.54, 1.807) is 0 Å². The molecular weight excluding hydrogens is 235 g/mol. The minimum absolute atomic E-state index is 0.300. The van der Waals surface area contributed by atoms with Gasteiger partial charge in [-0.2, -0.15) is 4.94 Å². The highest BCUT2D eigenvalue weighted by Crippen LogP contribution is 2.31. The molecule has 0 aliphatic carbocycles. The topological polar surface area (TPSA) is 9.23 Å². The Hall–Kier alpha value is -1.32. The van der Waals surface area contributed by atoms with Gasteiger partial charge in [0.1, 0.15) is 0 Å². The third-order valence-corrected chi connectivity index (χ3v) is 3.33. The zero-order valence-electron chi connectivity index (χ0n) is 9.18. The first-order valence-corrected chi connectivity index (χ1v) is 6.26. The summed E-state index contributed by atoms with van der Waals surface area (Å²) in [4.78, 5) is 3.94. The standard InChI is InChI=1S/C14H12FOS/c15-16-14(13-9-5-2-6-10-13)17-11-12-7-3-1-4-8-12/h1-10H,11H2. The highest BCUT2D eigenvalue weighted by Gasteiger charge is 2.15. The van der Waals surface area contributed by atoms with Gasteiger partial charge in [0, 0.05) is 11.3 Å². The third-order valence-electron chi connectivity index (χ3n) is 2.29. The van der Waals surface area contributed by atoms with Gasteiger partial charge in [-0.05, 0) is 10.1 Å². The molecule has 0 unspecified atom stereocenters. The second-order valence-electron chi connectivity index (χ2n) is 3.50. The van der Waals surface area contributed by atoms with Crippen LogP contribution in [0.1, 0.15) is 11.1 Å². The SMILES string of the molecule is FO[C](SCc1ccccc1)c1ccccc1. The van der Waals surface area contributed by atoms with Crippen molar-refractivity contribution in [1.82, 2.24) is 0 Å². The average molecular weight is 247 g/mol. The summed E-state index contributed by atoms with van der Waals surface area (Å²) >= 11 is 1.35. The fourth-order valence-corrected chi connectivity index (χ4v) is 2.29. The van der Waals surface area contributed by atoms with Gasteiger partial charge in [0.2, 0.25) is 5.44 Å². The van der Waals surface area contributed by atoms with E-state index in [2.05, 4.69) is 4.94 Å². The first-order chi connectivity index (χ1) is 8.40. The van der Waals surface area contributed by atoms with Gasteiger partial charge in [0.15, 0.2) is 0 Å². The molecule has 17 heavy (non-hydrogen) atoms. The average Bonchev–Trinajstić information content (AvgIpc) is 2.42. The van der Waals surface area contributed by atoms with Crippen LogP contribution in [0.4, 0.5) is 4.53 Å². The van der Waals surface area contributed by atoms with E-state index in [0.717, 1.165) is 11.1 Å². The summed E-state index contributed by atoms with van der Waals surface area (Å²) in [7, 11) is 0. The third kappa shape index (κ3) is 3.58. The van der Waals surface area contributed by atoms with Gasteiger partial charge in [-0.25, -0.2) is 0 Å². The van der Waals surface area contributed by atoms with Crippen LogP contribution < -0.4 is 0 Å². The van der Waals surface area contributed by atoms with Crippen molar-refractivity contribution >= 4 is 11.8 Å². The molecule has 0 aliphatic heterocycles. The van der Waals surface area contributed by atoms with E-state index < -0.39 is 0 Å². The summed E-state index contributed by atoms with van der Waals surface area (Å²) < 4.78 is 12.5. The summed E-state index contributed by atoms with van der Waals surface area (Å²) in [5.41, 5.74) is 2.20. The molecule has 2 aromatic rings. The van der Waals surface area contributed by atoms with Crippen LogP contribution in [-0.2, 0) is 10.7 Å². The minimum atomic E-state index is 0.300. The van der Waals surface area contributed by atoms with Gasteiger partial charge in [-0.15, -0.1) is 11.8 Å². The van der Waals surface area contributed by atoms with Crippen molar-refractivity contribution in [2.45, 2.75) is 5.75 Å². The van der Waals surface area contributed by atoms with Crippen LogP contribution in [0.2, 0.25) is 0 Å². The Balaban J connectivity index is 1.97. The van der Waals surface area contributed by atoms with Crippen LogP contribution in [0.3, 0.4) is 0 Å². The van der Waals surface area contributed by atoms with Gasteiger partial charge in [0.05, 0.1) is 0 Å². The minimum Gasteiger partial charge on any atom is -0.167 e. The highest BCUT2D eigenvalue weighted by molar-refractivity contribution is 8.01. The quantitative estimate of drug-likeness (QED) is 0.776. The first kappa shape index (κ1) is 12.1. The van der Waals surface area contributed by atoms with Crippen LogP contribution in [0.5, 0.6) is 0 Å². The molecular formula is C14H12FOS. The van der Waals surface area contributed by atoms with Gasteiger partial charge in [0.25, 0.3) is 0 Å². The van der Waals surface area contributed by atoms with E-state index in [-0.39, 0.29) is 0 Å². The van der Waals surface area contributed by atoms with Crippen LogP contribution in [-0.4, -0.2) is 0 Å². The van der Waals surface area contributed by atoms with Crippen molar-refractivity contribution in [2.24, 2.45) is 0 Å². The van der Waals surface area contributed by atoms with Crippen molar-refractivity contribution in [3.8, 4) is 0 Å². The van der Waals surface area contributed by atoms with E-state index in [1.165, 1.54) is 11.8 Å². The maximum absolute atomic E-state index is 12.5.